The van der Waals surface area contributed by atoms with Crippen molar-refractivity contribution in [1.29, 1.82) is 0 Å². The molecule has 0 aliphatic carbocycles. The third-order valence-electron chi connectivity index (χ3n) is 12.0. The maximum Gasteiger partial charge on any atom is 0.410 e. The molecule has 4 fully saturated rings. The molecule has 2 aromatic heterocycles. The lowest BCUT2D eigenvalue weighted by molar-refractivity contribution is 0.00537. The normalized spacial score (nSPS) is 25.9. The fourth-order valence-corrected chi connectivity index (χ4v) is 9.72. The van der Waals surface area contributed by atoms with Crippen molar-refractivity contribution < 1.29 is 37.3 Å². The predicted molar refractivity (Wildman–Crippen MR) is 202 cm³/mol. The second-order valence-electron chi connectivity index (χ2n) is 16.6. The predicted octanol–water partition coefficient (Wildman–Crippen LogP) is 6.83. The van der Waals surface area contributed by atoms with E-state index in [4.69, 9.17) is 38.6 Å². The van der Waals surface area contributed by atoms with Gasteiger partial charge in [0, 0.05) is 32.2 Å². The number of carbonyl (C=O) groups excluding carboxylic acids is 1. The molecule has 7 heterocycles. The molecule has 0 radical (unpaired) electrons. The standard InChI is InChI=1S/C41H48F2N6O6/c1-6-23-9-7-10-24-15-27(54-22-51-5)16-28(31(23)24)34-33(43)35-32-36(46-38(45-35)53-21-41-13-8-14-47(41)18-25(42)17-41)48-19-26-11-12-29(30(48)20-52-37(32)44-34)49(26)39(50)55-40(2,3)4/h7,9-10,15-16,25-26,29-30H,6,8,11-14,17-22H2,1-5H3. The lowest BCUT2D eigenvalue weighted by atomic mass is 9.94. The van der Waals surface area contributed by atoms with Gasteiger partial charge in [-0.15, -0.1) is 0 Å². The van der Waals surface area contributed by atoms with E-state index in [2.05, 4.69) is 16.7 Å². The first-order chi connectivity index (χ1) is 26.5. The number of aromatic nitrogens is 3. The minimum Gasteiger partial charge on any atom is -0.475 e. The van der Waals surface area contributed by atoms with E-state index >= 15 is 4.39 Å². The molecule has 0 N–H and O–H groups in total. The topological polar surface area (TPSA) is 112 Å². The molecule has 5 atom stereocenters. The van der Waals surface area contributed by atoms with Gasteiger partial charge in [0.2, 0.25) is 5.88 Å². The smallest absolute Gasteiger partial charge is 0.410 e. The molecule has 0 saturated carbocycles. The summed E-state index contributed by atoms with van der Waals surface area (Å²) < 4.78 is 62.3. The Bertz CT molecular complexity index is 2170. The number of alkyl halides is 1. The Morgan fingerprint density at radius 1 is 1.07 bits per heavy atom. The van der Waals surface area contributed by atoms with Crippen molar-refractivity contribution in [3.63, 3.8) is 0 Å². The first kappa shape index (κ1) is 36.1. The third-order valence-corrected chi connectivity index (χ3v) is 12.0. The van der Waals surface area contributed by atoms with Crippen LogP contribution in [0.3, 0.4) is 0 Å². The Hall–Kier alpha value is -4.56. The molecule has 5 aliphatic rings. The number of benzene rings is 2. The number of anilines is 1. The molecule has 0 spiro atoms. The maximum absolute atomic E-state index is 17.6. The van der Waals surface area contributed by atoms with E-state index in [9.17, 15) is 9.18 Å². The van der Waals surface area contributed by atoms with E-state index in [1.54, 1.807) is 13.2 Å². The van der Waals surface area contributed by atoms with Gasteiger partial charge >= 0.3 is 12.1 Å². The highest BCUT2D eigenvalue weighted by atomic mass is 19.1. The minimum absolute atomic E-state index is 0.00638. The van der Waals surface area contributed by atoms with Crippen LogP contribution in [0.25, 0.3) is 32.9 Å². The highest BCUT2D eigenvalue weighted by molar-refractivity contribution is 6.03. The molecule has 292 valence electrons. The third kappa shape index (κ3) is 6.16. The molecular weight excluding hydrogens is 710 g/mol. The van der Waals surface area contributed by atoms with Gasteiger partial charge in [0.15, 0.2) is 12.6 Å². The number of piperazine rings is 1. The summed E-state index contributed by atoms with van der Waals surface area (Å²) in [5.41, 5.74) is 0.506. The number of nitrogens with zero attached hydrogens (tertiary/aromatic N) is 6. The summed E-state index contributed by atoms with van der Waals surface area (Å²) in [7, 11) is 1.54. The van der Waals surface area contributed by atoms with Crippen LogP contribution in [0.15, 0.2) is 30.3 Å². The van der Waals surface area contributed by atoms with Gasteiger partial charge < -0.3 is 28.6 Å². The van der Waals surface area contributed by atoms with Crippen LogP contribution in [0.4, 0.5) is 19.4 Å². The van der Waals surface area contributed by atoms with Crippen molar-refractivity contribution in [2.24, 2.45) is 0 Å². The van der Waals surface area contributed by atoms with Gasteiger partial charge in [0.25, 0.3) is 0 Å². The first-order valence-corrected chi connectivity index (χ1v) is 19.5. The van der Waals surface area contributed by atoms with Crippen molar-refractivity contribution in [2.45, 2.75) is 102 Å². The summed E-state index contributed by atoms with van der Waals surface area (Å²) in [6.07, 6.45) is 3.08. The second kappa shape index (κ2) is 13.6. The Labute approximate surface area is 319 Å². The van der Waals surface area contributed by atoms with E-state index in [-0.39, 0.29) is 67.3 Å². The molecule has 4 saturated heterocycles. The number of pyridine rings is 1. The van der Waals surface area contributed by atoms with Crippen molar-refractivity contribution >= 4 is 33.6 Å². The van der Waals surface area contributed by atoms with E-state index in [1.807, 2.05) is 49.9 Å². The highest BCUT2D eigenvalue weighted by Crippen LogP contribution is 2.47. The van der Waals surface area contributed by atoms with Crippen molar-refractivity contribution in [1.82, 2.24) is 24.8 Å². The Morgan fingerprint density at radius 3 is 2.73 bits per heavy atom. The number of carbonyl (C=O) groups is 1. The summed E-state index contributed by atoms with van der Waals surface area (Å²) >= 11 is 0. The van der Waals surface area contributed by atoms with Crippen LogP contribution in [-0.4, -0.2) is 113 Å². The van der Waals surface area contributed by atoms with Gasteiger partial charge in [0.1, 0.15) is 53.2 Å². The molecule has 1 amide bonds. The van der Waals surface area contributed by atoms with Gasteiger partial charge in [0.05, 0.1) is 23.7 Å². The largest absolute Gasteiger partial charge is 0.475 e. The molecule has 2 bridgehead atoms. The SMILES string of the molecule is CCc1cccc2cc(OCOC)cc(-c3nc4c5c(nc(OCC67CCCN6CC(F)C7)nc5c3F)N3CC5CCC(C3CO4)N5C(=O)OC(C)(C)C)c12. The van der Waals surface area contributed by atoms with E-state index < -0.39 is 23.1 Å². The number of halogens is 2. The summed E-state index contributed by atoms with van der Waals surface area (Å²) in [5, 5.41) is 2.05. The zero-order valence-electron chi connectivity index (χ0n) is 32.1. The number of fused-ring (bicyclic) bond motifs is 7. The molecule has 12 nitrogen and oxygen atoms in total. The van der Waals surface area contributed by atoms with Gasteiger partial charge in [-0.3, -0.25) is 9.80 Å². The molecule has 55 heavy (non-hydrogen) atoms. The van der Waals surface area contributed by atoms with E-state index in [0.29, 0.717) is 48.4 Å². The number of hydrogen-bond donors (Lipinski definition) is 0. The molecule has 5 unspecified atom stereocenters. The summed E-state index contributed by atoms with van der Waals surface area (Å²) in [5.74, 6) is 0.495. The average Bonchev–Trinajstić information content (AvgIpc) is 3.76. The minimum atomic E-state index is -0.930. The maximum atomic E-state index is 17.6. The average molecular weight is 759 g/mol. The molecule has 5 aliphatic heterocycles. The molecule has 14 heteroatoms. The number of aryl methyl sites for hydroxylation is 1. The number of rotatable bonds is 8. The molecule has 9 rings (SSSR count). The number of ether oxygens (including phenoxy) is 5. The zero-order valence-corrected chi connectivity index (χ0v) is 32.1. The Balaban J connectivity index is 1.20. The van der Waals surface area contributed by atoms with Gasteiger partial charge in [-0.2, -0.15) is 9.97 Å². The highest BCUT2D eigenvalue weighted by Gasteiger charge is 2.52. The fraction of sp³-hybridized carbons (Fsp3) is 0.561. The summed E-state index contributed by atoms with van der Waals surface area (Å²) in [6, 6.07) is 8.94. The zero-order chi connectivity index (χ0) is 38.2. The van der Waals surface area contributed by atoms with Crippen molar-refractivity contribution in [3.05, 3.63) is 41.7 Å². The van der Waals surface area contributed by atoms with Crippen molar-refractivity contribution in [2.75, 3.05) is 51.7 Å². The van der Waals surface area contributed by atoms with Crippen LogP contribution in [0.1, 0.15) is 65.4 Å². The molecular formula is C41H48F2N6O6. The Morgan fingerprint density at radius 2 is 1.93 bits per heavy atom. The quantitative estimate of drug-likeness (QED) is 0.176. The van der Waals surface area contributed by atoms with Crippen LogP contribution in [0, 0.1) is 5.82 Å². The second-order valence-corrected chi connectivity index (χ2v) is 16.6. The fourth-order valence-electron chi connectivity index (χ4n) is 9.72. The van der Waals surface area contributed by atoms with Crippen molar-refractivity contribution in [3.8, 4) is 28.9 Å². The van der Waals surface area contributed by atoms with Crippen LogP contribution in [-0.2, 0) is 15.9 Å². The van der Waals surface area contributed by atoms with Gasteiger partial charge in [-0.1, -0.05) is 25.1 Å². The number of hydrogen-bond acceptors (Lipinski definition) is 11. The van der Waals surface area contributed by atoms with Gasteiger partial charge in [-0.05, 0) is 87.9 Å². The summed E-state index contributed by atoms with van der Waals surface area (Å²) in [6.45, 7) is 9.64. The lowest BCUT2D eigenvalue weighted by Gasteiger charge is -2.46. The van der Waals surface area contributed by atoms with Crippen LogP contribution in [0.5, 0.6) is 17.6 Å². The molecule has 2 aromatic carbocycles. The van der Waals surface area contributed by atoms with Gasteiger partial charge in [-0.25, -0.2) is 18.6 Å². The van der Waals surface area contributed by atoms with E-state index in [0.717, 1.165) is 48.6 Å². The van der Waals surface area contributed by atoms with Crippen LogP contribution in [0.2, 0.25) is 0 Å². The van der Waals surface area contributed by atoms with E-state index in [1.165, 1.54) is 0 Å². The summed E-state index contributed by atoms with van der Waals surface area (Å²) in [4.78, 5) is 34.4. The number of methoxy groups -OCH3 is 1. The lowest BCUT2D eigenvalue weighted by Crippen LogP contribution is -2.63. The first-order valence-electron chi connectivity index (χ1n) is 19.5. The van der Waals surface area contributed by atoms with Crippen LogP contribution >= 0.6 is 0 Å². The molecule has 4 aromatic rings. The van der Waals surface area contributed by atoms with Crippen LogP contribution < -0.4 is 19.1 Å². The monoisotopic (exact) mass is 758 g/mol. The Kier molecular flexibility index (Phi) is 8.91. The number of amides is 1.